The summed E-state index contributed by atoms with van der Waals surface area (Å²) in [6, 6.07) is 7.31. The Kier molecular flexibility index (Phi) is 4.93. The van der Waals surface area contributed by atoms with Crippen LogP contribution >= 0.6 is 0 Å². The lowest BCUT2D eigenvalue weighted by Gasteiger charge is -2.19. The Labute approximate surface area is 141 Å². The highest BCUT2D eigenvalue weighted by Crippen LogP contribution is 2.25. The first kappa shape index (κ1) is 16.2. The van der Waals surface area contributed by atoms with Gasteiger partial charge in [-0.25, -0.2) is 9.66 Å². The lowest BCUT2D eigenvalue weighted by molar-refractivity contribution is -0.139. The zero-order chi connectivity index (χ0) is 16.9. The molecule has 24 heavy (non-hydrogen) atoms. The minimum Gasteiger partial charge on any atom is -0.426 e. The van der Waals surface area contributed by atoms with Crippen LogP contribution in [-0.4, -0.2) is 21.8 Å². The predicted octanol–water partition coefficient (Wildman–Crippen LogP) is 3.14. The summed E-state index contributed by atoms with van der Waals surface area (Å²) in [6.07, 6.45) is 8.70. The first-order valence-electron chi connectivity index (χ1n) is 8.29. The van der Waals surface area contributed by atoms with Gasteiger partial charge in [0.2, 0.25) is 5.95 Å². The van der Waals surface area contributed by atoms with Crippen LogP contribution in [0.1, 0.15) is 43.4 Å². The maximum absolute atomic E-state index is 12.2. The number of nitrogen functional groups attached to an aromatic ring is 1. The van der Waals surface area contributed by atoms with Gasteiger partial charge in [0.05, 0.1) is 24.0 Å². The maximum atomic E-state index is 12.2. The molecule has 1 fully saturated rings. The van der Waals surface area contributed by atoms with Gasteiger partial charge in [-0.15, -0.1) is 0 Å². The van der Waals surface area contributed by atoms with Crippen molar-refractivity contribution in [2.24, 2.45) is 11.0 Å². The summed E-state index contributed by atoms with van der Waals surface area (Å²) < 4.78 is 7.04. The molecule has 0 bridgehead atoms. The van der Waals surface area contributed by atoms with Gasteiger partial charge in [0, 0.05) is 0 Å². The molecule has 1 saturated carbocycles. The van der Waals surface area contributed by atoms with Gasteiger partial charge < -0.3 is 10.5 Å². The highest BCUT2D eigenvalue weighted by Gasteiger charge is 2.22. The van der Waals surface area contributed by atoms with E-state index in [2.05, 4.69) is 10.1 Å². The third kappa shape index (κ3) is 4.01. The van der Waals surface area contributed by atoms with Crippen LogP contribution in [0.25, 0.3) is 0 Å². The molecule has 1 aromatic heterocycles. The molecule has 126 valence electrons. The minimum atomic E-state index is -0.127. The molecule has 2 aromatic rings. The van der Waals surface area contributed by atoms with E-state index in [1.165, 1.54) is 11.1 Å². The number of hydrogen-bond donors (Lipinski definition) is 1. The van der Waals surface area contributed by atoms with Crippen molar-refractivity contribution in [2.75, 3.05) is 5.73 Å². The fourth-order valence-electron chi connectivity index (χ4n) is 2.92. The molecule has 3 rings (SSSR count). The molecule has 0 atom stereocenters. The number of carbonyl (C=O) groups is 1. The lowest BCUT2D eigenvalue weighted by atomic mass is 9.89. The van der Waals surface area contributed by atoms with Gasteiger partial charge in [0.25, 0.3) is 0 Å². The van der Waals surface area contributed by atoms with Crippen molar-refractivity contribution in [3.8, 4) is 5.75 Å². The molecule has 1 heterocycles. The SMILES string of the molecule is Cc1cn(N=Cc2cccc(OC(=O)C3CCCCC3)c2)c(N)n1. The second-order valence-corrected chi connectivity index (χ2v) is 6.16. The number of nitrogens with zero attached hydrogens (tertiary/aromatic N) is 3. The first-order valence-corrected chi connectivity index (χ1v) is 8.29. The normalized spacial score (nSPS) is 15.7. The Morgan fingerprint density at radius 1 is 1.38 bits per heavy atom. The monoisotopic (exact) mass is 326 g/mol. The van der Waals surface area contributed by atoms with E-state index in [9.17, 15) is 4.79 Å². The second-order valence-electron chi connectivity index (χ2n) is 6.16. The van der Waals surface area contributed by atoms with Crippen LogP contribution in [0.2, 0.25) is 0 Å². The second kappa shape index (κ2) is 7.29. The van der Waals surface area contributed by atoms with E-state index in [-0.39, 0.29) is 11.9 Å². The van der Waals surface area contributed by atoms with Crippen molar-refractivity contribution in [3.05, 3.63) is 41.7 Å². The lowest BCUT2D eigenvalue weighted by Crippen LogP contribution is -2.22. The van der Waals surface area contributed by atoms with Gasteiger partial charge >= 0.3 is 5.97 Å². The summed E-state index contributed by atoms with van der Waals surface area (Å²) in [7, 11) is 0. The van der Waals surface area contributed by atoms with E-state index in [0.717, 1.165) is 36.9 Å². The molecule has 1 aliphatic carbocycles. The average molecular weight is 326 g/mol. The van der Waals surface area contributed by atoms with E-state index in [4.69, 9.17) is 10.5 Å². The van der Waals surface area contributed by atoms with Gasteiger partial charge in [-0.3, -0.25) is 4.79 Å². The molecule has 0 spiro atoms. The largest absolute Gasteiger partial charge is 0.426 e. The van der Waals surface area contributed by atoms with Crippen molar-refractivity contribution < 1.29 is 9.53 Å². The molecule has 0 amide bonds. The van der Waals surface area contributed by atoms with Gasteiger partial charge in [0.15, 0.2) is 0 Å². The number of aromatic nitrogens is 2. The van der Waals surface area contributed by atoms with E-state index in [1.807, 2.05) is 19.1 Å². The first-order chi connectivity index (χ1) is 11.6. The Balaban J connectivity index is 1.67. The van der Waals surface area contributed by atoms with Gasteiger partial charge in [-0.05, 0) is 37.5 Å². The number of ether oxygens (including phenoxy) is 1. The molecule has 2 N–H and O–H groups in total. The van der Waals surface area contributed by atoms with Crippen LogP contribution in [0.15, 0.2) is 35.6 Å². The van der Waals surface area contributed by atoms with Gasteiger partial charge in [-0.1, -0.05) is 31.4 Å². The molecular formula is C18H22N4O2. The van der Waals surface area contributed by atoms with E-state index >= 15 is 0 Å². The van der Waals surface area contributed by atoms with Crippen molar-refractivity contribution in [3.63, 3.8) is 0 Å². The number of hydrogen-bond acceptors (Lipinski definition) is 5. The molecule has 0 unspecified atom stereocenters. The zero-order valence-corrected chi connectivity index (χ0v) is 13.8. The topological polar surface area (TPSA) is 82.5 Å². The number of carbonyl (C=O) groups excluding carboxylic acids is 1. The molecule has 1 aromatic carbocycles. The van der Waals surface area contributed by atoms with Crippen molar-refractivity contribution in [2.45, 2.75) is 39.0 Å². The summed E-state index contributed by atoms with van der Waals surface area (Å²) in [4.78, 5) is 16.3. The average Bonchev–Trinajstić information content (AvgIpc) is 2.91. The number of aryl methyl sites for hydroxylation is 1. The standard InChI is InChI=1S/C18H22N4O2/c1-13-12-22(18(19)21-13)20-11-14-6-5-9-16(10-14)24-17(23)15-7-3-2-4-8-15/h5-6,9-12,15H,2-4,7-8H2,1H3,(H2,19,21). The molecule has 0 saturated heterocycles. The Bertz CT molecular complexity index is 745. The Morgan fingerprint density at radius 2 is 2.17 bits per heavy atom. The summed E-state index contributed by atoms with van der Waals surface area (Å²) in [5, 5.41) is 4.27. The molecule has 0 radical (unpaired) electrons. The fourth-order valence-corrected chi connectivity index (χ4v) is 2.92. The number of benzene rings is 1. The fraction of sp³-hybridized carbons (Fsp3) is 0.389. The van der Waals surface area contributed by atoms with Crippen LogP contribution in [0.5, 0.6) is 5.75 Å². The van der Waals surface area contributed by atoms with Gasteiger partial charge in [0.1, 0.15) is 5.75 Å². The molecule has 6 nitrogen and oxygen atoms in total. The Hall–Kier alpha value is -2.63. The molecule has 1 aliphatic rings. The zero-order valence-electron chi connectivity index (χ0n) is 13.8. The molecule has 6 heteroatoms. The highest BCUT2D eigenvalue weighted by molar-refractivity contribution is 5.81. The van der Waals surface area contributed by atoms with Crippen molar-refractivity contribution in [1.82, 2.24) is 9.66 Å². The van der Waals surface area contributed by atoms with E-state index in [1.54, 1.807) is 24.5 Å². The van der Waals surface area contributed by atoms with E-state index in [0.29, 0.717) is 11.7 Å². The highest BCUT2D eigenvalue weighted by atomic mass is 16.5. The summed E-state index contributed by atoms with van der Waals surface area (Å²) in [5.41, 5.74) is 7.39. The number of imidazole rings is 1. The van der Waals surface area contributed by atoms with Crippen LogP contribution in [0.3, 0.4) is 0 Å². The third-order valence-corrected chi connectivity index (χ3v) is 4.18. The van der Waals surface area contributed by atoms with Crippen LogP contribution in [0.4, 0.5) is 5.95 Å². The number of rotatable bonds is 4. The quantitative estimate of drug-likeness (QED) is 0.531. The summed E-state index contributed by atoms with van der Waals surface area (Å²) >= 11 is 0. The summed E-state index contributed by atoms with van der Waals surface area (Å²) in [6.45, 7) is 1.85. The van der Waals surface area contributed by atoms with Crippen LogP contribution in [0, 0.1) is 12.8 Å². The number of nitrogens with two attached hydrogens (primary N) is 1. The smallest absolute Gasteiger partial charge is 0.314 e. The minimum absolute atomic E-state index is 0.0322. The van der Waals surface area contributed by atoms with Crippen molar-refractivity contribution >= 4 is 18.1 Å². The van der Waals surface area contributed by atoms with Crippen LogP contribution < -0.4 is 10.5 Å². The van der Waals surface area contributed by atoms with Gasteiger partial charge in [-0.2, -0.15) is 5.10 Å². The van der Waals surface area contributed by atoms with Crippen molar-refractivity contribution in [1.29, 1.82) is 0 Å². The Morgan fingerprint density at radius 3 is 2.88 bits per heavy atom. The molecular weight excluding hydrogens is 304 g/mol. The number of anilines is 1. The van der Waals surface area contributed by atoms with Crippen LogP contribution in [-0.2, 0) is 4.79 Å². The third-order valence-electron chi connectivity index (χ3n) is 4.18. The number of esters is 1. The van der Waals surface area contributed by atoms with E-state index < -0.39 is 0 Å². The maximum Gasteiger partial charge on any atom is 0.314 e. The predicted molar refractivity (Wildman–Crippen MR) is 93.0 cm³/mol. The molecule has 0 aliphatic heterocycles. The summed E-state index contributed by atoms with van der Waals surface area (Å²) in [5.74, 6) is 0.788.